The average molecular weight is 424 g/mol. The van der Waals surface area contributed by atoms with Crippen LogP contribution in [0.1, 0.15) is 80.9 Å². The summed E-state index contributed by atoms with van der Waals surface area (Å²) in [6, 6.07) is 14.1. The zero-order valence-corrected chi connectivity index (χ0v) is 18.6. The smallest absolute Gasteiger partial charge is 0.254 e. The Bertz CT molecular complexity index is 966. The van der Waals surface area contributed by atoms with E-state index in [1.54, 1.807) is 12.1 Å². The van der Waals surface area contributed by atoms with Crippen LogP contribution in [0.3, 0.4) is 0 Å². The second-order valence-electron chi connectivity index (χ2n) is 8.16. The van der Waals surface area contributed by atoms with E-state index in [1.807, 2.05) is 18.2 Å². The molecule has 2 aromatic carbocycles. The number of carbonyl (C=O) groups excluding carboxylic acids is 1. The van der Waals surface area contributed by atoms with Gasteiger partial charge in [-0.2, -0.15) is 0 Å². The number of rotatable bonds is 13. The highest BCUT2D eigenvalue weighted by Crippen LogP contribution is 2.18. The van der Waals surface area contributed by atoms with E-state index in [4.69, 9.17) is 4.98 Å². The van der Waals surface area contributed by atoms with Crippen molar-refractivity contribution >= 4 is 16.9 Å². The van der Waals surface area contributed by atoms with Gasteiger partial charge in [-0.25, -0.2) is 9.37 Å². The fraction of sp³-hybridized carbons (Fsp3) is 0.462. The summed E-state index contributed by atoms with van der Waals surface area (Å²) < 4.78 is 16.1. The number of carbonyl (C=O) groups is 1. The number of halogens is 1. The largest absolute Gasteiger partial charge is 0.345 e. The minimum Gasteiger partial charge on any atom is -0.345 e. The first kappa shape index (κ1) is 23.0. The quantitative estimate of drug-likeness (QED) is 0.313. The van der Waals surface area contributed by atoms with Crippen molar-refractivity contribution in [1.29, 1.82) is 0 Å². The molecule has 1 N–H and O–H groups in total. The molecule has 0 bridgehead atoms. The van der Waals surface area contributed by atoms with Gasteiger partial charge in [-0.3, -0.25) is 4.79 Å². The van der Waals surface area contributed by atoms with Crippen molar-refractivity contribution in [2.24, 2.45) is 0 Å². The molecule has 3 aromatic rings. The van der Waals surface area contributed by atoms with Gasteiger partial charge in [-0.05, 0) is 30.7 Å². The molecule has 0 aliphatic rings. The van der Waals surface area contributed by atoms with Crippen LogP contribution >= 0.6 is 0 Å². The number of hydrogen-bond acceptors (Lipinski definition) is 2. The lowest BCUT2D eigenvalue weighted by Gasteiger charge is -2.11. The summed E-state index contributed by atoms with van der Waals surface area (Å²) in [6.07, 6.45) is 11.5. The first-order chi connectivity index (χ1) is 15.2. The number of aromatic nitrogens is 2. The Kier molecular flexibility index (Phi) is 9.07. The Morgan fingerprint density at radius 1 is 0.903 bits per heavy atom. The van der Waals surface area contributed by atoms with Gasteiger partial charge in [0.15, 0.2) is 0 Å². The minimum absolute atomic E-state index is 0.0593. The minimum atomic E-state index is -0.511. The van der Waals surface area contributed by atoms with Gasteiger partial charge in [0.1, 0.15) is 11.6 Å². The van der Waals surface area contributed by atoms with Gasteiger partial charge in [-0.1, -0.05) is 82.6 Å². The molecule has 3 rings (SSSR count). The fourth-order valence-electron chi connectivity index (χ4n) is 3.99. The molecule has 0 saturated carbocycles. The summed E-state index contributed by atoms with van der Waals surface area (Å²) in [4.78, 5) is 17.1. The topological polar surface area (TPSA) is 46.9 Å². The number of amides is 1. The summed E-state index contributed by atoms with van der Waals surface area (Å²) in [7, 11) is 0. The van der Waals surface area contributed by atoms with Crippen molar-refractivity contribution in [1.82, 2.24) is 14.9 Å². The molecular weight excluding hydrogens is 389 g/mol. The van der Waals surface area contributed by atoms with E-state index in [0.29, 0.717) is 0 Å². The molecule has 0 spiro atoms. The van der Waals surface area contributed by atoms with E-state index in [-0.39, 0.29) is 12.1 Å². The number of hydrogen-bond donors (Lipinski definition) is 1. The SMILES string of the molecule is CCCCCCCCCCCn1c(CNC(=O)c2ccccc2F)nc2ccccc21. The van der Waals surface area contributed by atoms with Crippen molar-refractivity contribution < 1.29 is 9.18 Å². The number of unbranched alkanes of at least 4 members (excludes halogenated alkanes) is 8. The number of imidazole rings is 1. The van der Waals surface area contributed by atoms with E-state index in [0.717, 1.165) is 29.8 Å². The third-order valence-corrected chi connectivity index (χ3v) is 5.74. The van der Waals surface area contributed by atoms with Gasteiger partial charge >= 0.3 is 0 Å². The molecule has 1 heterocycles. The lowest BCUT2D eigenvalue weighted by atomic mass is 10.1. The fourth-order valence-corrected chi connectivity index (χ4v) is 3.99. The molecule has 0 unspecified atom stereocenters. The van der Waals surface area contributed by atoms with Crippen LogP contribution in [0, 0.1) is 5.82 Å². The maximum Gasteiger partial charge on any atom is 0.254 e. The van der Waals surface area contributed by atoms with E-state index in [1.165, 1.54) is 63.5 Å². The van der Waals surface area contributed by atoms with Crippen LogP contribution in [0.2, 0.25) is 0 Å². The molecule has 0 radical (unpaired) electrons. The van der Waals surface area contributed by atoms with Crippen molar-refractivity contribution in [3.05, 3.63) is 65.7 Å². The molecule has 0 saturated heterocycles. The van der Waals surface area contributed by atoms with Gasteiger partial charge in [0.25, 0.3) is 5.91 Å². The van der Waals surface area contributed by atoms with Gasteiger partial charge in [-0.15, -0.1) is 0 Å². The predicted octanol–water partition coefficient (Wildman–Crippen LogP) is 6.64. The van der Waals surface area contributed by atoms with Gasteiger partial charge in [0.2, 0.25) is 0 Å². The maximum atomic E-state index is 13.9. The van der Waals surface area contributed by atoms with Crippen molar-refractivity contribution in [2.45, 2.75) is 77.8 Å². The van der Waals surface area contributed by atoms with Crippen molar-refractivity contribution in [2.75, 3.05) is 0 Å². The molecule has 1 aromatic heterocycles. The summed E-state index contributed by atoms with van der Waals surface area (Å²) in [5, 5.41) is 2.83. The zero-order chi connectivity index (χ0) is 21.9. The normalized spacial score (nSPS) is 11.2. The number of benzene rings is 2. The van der Waals surface area contributed by atoms with E-state index in [9.17, 15) is 9.18 Å². The summed E-state index contributed by atoms with van der Waals surface area (Å²) in [6.45, 7) is 3.40. The van der Waals surface area contributed by atoms with Crippen LogP contribution in [0.25, 0.3) is 11.0 Å². The Morgan fingerprint density at radius 2 is 1.55 bits per heavy atom. The molecule has 31 heavy (non-hydrogen) atoms. The molecule has 5 heteroatoms. The third kappa shape index (κ3) is 6.65. The highest BCUT2D eigenvalue weighted by molar-refractivity contribution is 5.94. The Hall–Kier alpha value is -2.69. The van der Waals surface area contributed by atoms with Crippen molar-refractivity contribution in [3.8, 4) is 0 Å². The van der Waals surface area contributed by atoms with Crippen LogP contribution in [-0.2, 0) is 13.1 Å². The van der Waals surface area contributed by atoms with Crippen LogP contribution in [-0.4, -0.2) is 15.5 Å². The first-order valence-electron chi connectivity index (χ1n) is 11.7. The van der Waals surface area contributed by atoms with Crippen LogP contribution in [0.5, 0.6) is 0 Å². The molecule has 0 aliphatic heterocycles. The van der Waals surface area contributed by atoms with Crippen LogP contribution in [0.15, 0.2) is 48.5 Å². The molecule has 0 fully saturated rings. The lowest BCUT2D eigenvalue weighted by Crippen LogP contribution is -2.25. The van der Waals surface area contributed by atoms with Crippen molar-refractivity contribution in [3.63, 3.8) is 0 Å². The molecule has 1 amide bonds. The summed E-state index contributed by atoms with van der Waals surface area (Å²) >= 11 is 0. The average Bonchev–Trinajstić information content (AvgIpc) is 3.14. The Morgan fingerprint density at radius 3 is 2.29 bits per heavy atom. The Balaban J connectivity index is 1.55. The molecule has 166 valence electrons. The number of aryl methyl sites for hydroxylation is 1. The van der Waals surface area contributed by atoms with Gasteiger partial charge in [0.05, 0.1) is 23.1 Å². The number of nitrogens with one attached hydrogen (secondary N) is 1. The molecule has 0 aliphatic carbocycles. The molecule has 4 nitrogen and oxygen atoms in total. The lowest BCUT2D eigenvalue weighted by molar-refractivity contribution is 0.0945. The van der Waals surface area contributed by atoms with Crippen LogP contribution < -0.4 is 5.32 Å². The second kappa shape index (κ2) is 12.2. The molecule has 0 atom stereocenters. The second-order valence-corrected chi connectivity index (χ2v) is 8.16. The zero-order valence-electron chi connectivity index (χ0n) is 18.6. The Labute approximate surface area is 184 Å². The monoisotopic (exact) mass is 423 g/mol. The molecular formula is C26H34FN3O. The van der Waals surface area contributed by atoms with Gasteiger partial charge in [0, 0.05) is 6.54 Å². The summed E-state index contributed by atoms with van der Waals surface area (Å²) in [5.74, 6) is -0.117. The highest BCUT2D eigenvalue weighted by atomic mass is 19.1. The van der Waals surface area contributed by atoms with E-state index < -0.39 is 11.7 Å². The standard InChI is InChI=1S/C26H34FN3O/c1-2-3-4-5-6-7-8-9-14-19-30-24-18-13-12-17-23(24)29-25(30)20-28-26(31)21-15-10-11-16-22(21)27/h10-13,15-18H,2-9,14,19-20H2,1H3,(H,28,31). The number of fused-ring (bicyclic) bond motifs is 1. The highest BCUT2D eigenvalue weighted by Gasteiger charge is 2.14. The van der Waals surface area contributed by atoms with Gasteiger partial charge < -0.3 is 9.88 Å². The van der Waals surface area contributed by atoms with E-state index in [2.05, 4.69) is 22.9 Å². The number of nitrogens with zero attached hydrogens (tertiary/aromatic N) is 2. The van der Waals surface area contributed by atoms with Crippen LogP contribution in [0.4, 0.5) is 4.39 Å². The first-order valence-corrected chi connectivity index (χ1v) is 11.7. The summed E-state index contributed by atoms with van der Waals surface area (Å²) in [5.41, 5.74) is 2.06. The van der Waals surface area contributed by atoms with E-state index >= 15 is 0 Å². The predicted molar refractivity (Wildman–Crippen MR) is 125 cm³/mol. The third-order valence-electron chi connectivity index (χ3n) is 5.74. The number of para-hydroxylation sites is 2. The maximum absolute atomic E-state index is 13.9.